The summed E-state index contributed by atoms with van der Waals surface area (Å²) in [4.78, 5) is 21.2. The van der Waals surface area contributed by atoms with Crippen molar-refractivity contribution in [3.05, 3.63) is 66.0 Å². The van der Waals surface area contributed by atoms with Crippen molar-refractivity contribution < 1.29 is 13.9 Å². The lowest BCUT2D eigenvalue weighted by molar-refractivity contribution is -0.115. The van der Waals surface area contributed by atoms with Gasteiger partial charge in [0, 0.05) is 38.9 Å². The lowest BCUT2D eigenvalue weighted by Crippen LogP contribution is -2.50. The van der Waals surface area contributed by atoms with Crippen LogP contribution in [0.15, 0.2) is 59.6 Å². The van der Waals surface area contributed by atoms with Gasteiger partial charge in [0.25, 0.3) is 0 Å². The van der Waals surface area contributed by atoms with Crippen molar-refractivity contribution in [1.82, 2.24) is 15.1 Å². The standard InChI is InChI=1S/C23H28FN5O2/c1-25-23(26-13-22(30)27-19-9-5-8-18(24)12-19)29-15-20-21(16-29)31-11-10-28(20)14-17-6-3-2-4-7-17/h2-9,12,20-21H,10-11,13-16H2,1H3,(H,25,26)(H,27,30). The summed E-state index contributed by atoms with van der Waals surface area (Å²) < 4.78 is 19.3. The molecule has 164 valence electrons. The highest BCUT2D eigenvalue weighted by Gasteiger charge is 2.41. The number of carbonyl (C=O) groups excluding carboxylic acids is 1. The highest BCUT2D eigenvalue weighted by molar-refractivity contribution is 5.95. The summed E-state index contributed by atoms with van der Waals surface area (Å²) >= 11 is 0. The van der Waals surface area contributed by atoms with Crippen LogP contribution in [-0.4, -0.2) is 73.6 Å². The number of likely N-dealkylation sites (tertiary alicyclic amines) is 1. The van der Waals surface area contributed by atoms with Gasteiger partial charge in [-0.1, -0.05) is 36.4 Å². The van der Waals surface area contributed by atoms with E-state index in [9.17, 15) is 9.18 Å². The number of halogens is 1. The summed E-state index contributed by atoms with van der Waals surface area (Å²) in [6, 6.07) is 16.6. The van der Waals surface area contributed by atoms with Gasteiger partial charge in [0.1, 0.15) is 5.82 Å². The Morgan fingerprint density at radius 1 is 1.19 bits per heavy atom. The largest absolute Gasteiger partial charge is 0.373 e. The molecule has 0 spiro atoms. The first-order chi connectivity index (χ1) is 15.1. The summed E-state index contributed by atoms with van der Waals surface area (Å²) in [7, 11) is 1.71. The molecule has 0 aromatic heterocycles. The molecule has 2 heterocycles. The number of carbonyl (C=O) groups is 1. The fourth-order valence-corrected chi connectivity index (χ4v) is 4.21. The van der Waals surface area contributed by atoms with Crippen molar-refractivity contribution in [2.75, 3.05) is 45.2 Å². The van der Waals surface area contributed by atoms with Crippen molar-refractivity contribution in [3.8, 4) is 0 Å². The number of aliphatic imine (C=N–C) groups is 1. The van der Waals surface area contributed by atoms with Gasteiger partial charge in [0.2, 0.25) is 5.91 Å². The topological polar surface area (TPSA) is 69.2 Å². The minimum Gasteiger partial charge on any atom is -0.373 e. The van der Waals surface area contributed by atoms with Gasteiger partial charge in [-0.3, -0.25) is 14.7 Å². The van der Waals surface area contributed by atoms with Gasteiger partial charge < -0.3 is 20.3 Å². The van der Waals surface area contributed by atoms with Crippen LogP contribution in [0, 0.1) is 5.82 Å². The van der Waals surface area contributed by atoms with E-state index in [4.69, 9.17) is 4.74 Å². The predicted molar refractivity (Wildman–Crippen MR) is 118 cm³/mol. The number of morpholine rings is 1. The Morgan fingerprint density at radius 3 is 2.81 bits per heavy atom. The summed E-state index contributed by atoms with van der Waals surface area (Å²) in [5.74, 6) is 0.0127. The smallest absolute Gasteiger partial charge is 0.243 e. The van der Waals surface area contributed by atoms with Crippen LogP contribution >= 0.6 is 0 Å². The molecule has 2 aliphatic heterocycles. The zero-order chi connectivity index (χ0) is 21.6. The van der Waals surface area contributed by atoms with Gasteiger partial charge >= 0.3 is 0 Å². The Hall–Kier alpha value is -2.97. The summed E-state index contributed by atoms with van der Waals surface area (Å²) in [6.45, 7) is 4.05. The molecule has 2 aromatic carbocycles. The van der Waals surface area contributed by atoms with E-state index in [1.807, 2.05) is 6.07 Å². The SMILES string of the molecule is CN=C(NCC(=O)Nc1cccc(F)c1)N1CC2OCCN(Cc3ccccc3)C2C1. The Labute approximate surface area is 181 Å². The molecule has 2 atom stereocenters. The molecule has 2 unspecified atom stereocenters. The van der Waals surface area contributed by atoms with E-state index in [-0.39, 0.29) is 30.4 Å². The van der Waals surface area contributed by atoms with Crippen LogP contribution in [0.1, 0.15) is 5.56 Å². The number of nitrogens with one attached hydrogen (secondary N) is 2. The van der Waals surface area contributed by atoms with E-state index in [1.54, 1.807) is 19.2 Å². The van der Waals surface area contributed by atoms with Crippen LogP contribution in [0.3, 0.4) is 0 Å². The second-order valence-electron chi connectivity index (χ2n) is 7.80. The van der Waals surface area contributed by atoms with Gasteiger partial charge in [-0.05, 0) is 23.8 Å². The molecule has 0 aliphatic carbocycles. The van der Waals surface area contributed by atoms with Gasteiger partial charge in [0.05, 0.1) is 25.3 Å². The number of hydrogen-bond acceptors (Lipinski definition) is 4. The zero-order valence-electron chi connectivity index (χ0n) is 17.6. The van der Waals surface area contributed by atoms with E-state index in [0.717, 1.165) is 26.2 Å². The molecule has 1 amide bonds. The summed E-state index contributed by atoms with van der Waals surface area (Å²) in [6.07, 6.45) is 0.108. The van der Waals surface area contributed by atoms with Crippen molar-refractivity contribution in [2.45, 2.75) is 18.7 Å². The van der Waals surface area contributed by atoms with Crippen LogP contribution < -0.4 is 10.6 Å². The van der Waals surface area contributed by atoms with Gasteiger partial charge in [-0.2, -0.15) is 0 Å². The number of fused-ring (bicyclic) bond motifs is 1. The number of amides is 1. The van der Waals surface area contributed by atoms with E-state index in [2.05, 4.69) is 49.7 Å². The number of rotatable bonds is 5. The lowest BCUT2D eigenvalue weighted by Gasteiger charge is -2.36. The first kappa shape index (κ1) is 21.3. The summed E-state index contributed by atoms with van der Waals surface area (Å²) in [5.41, 5.74) is 1.72. The minimum atomic E-state index is -0.388. The Bertz CT molecular complexity index is 923. The quantitative estimate of drug-likeness (QED) is 0.566. The fourth-order valence-electron chi connectivity index (χ4n) is 4.21. The normalized spacial score (nSPS) is 21.6. The molecule has 2 aliphatic rings. The molecule has 31 heavy (non-hydrogen) atoms. The molecule has 2 fully saturated rings. The third-order valence-corrected chi connectivity index (χ3v) is 5.67. The van der Waals surface area contributed by atoms with Crippen molar-refractivity contribution in [1.29, 1.82) is 0 Å². The van der Waals surface area contributed by atoms with Crippen molar-refractivity contribution in [2.24, 2.45) is 4.99 Å². The molecule has 2 N–H and O–H groups in total. The molecular weight excluding hydrogens is 397 g/mol. The molecule has 4 rings (SSSR count). The van der Waals surface area contributed by atoms with Crippen molar-refractivity contribution in [3.63, 3.8) is 0 Å². The first-order valence-electron chi connectivity index (χ1n) is 10.5. The third kappa shape index (κ3) is 5.39. The zero-order valence-corrected chi connectivity index (χ0v) is 17.6. The van der Waals surface area contributed by atoms with Crippen LogP contribution in [-0.2, 0) is 16.1 Å². The number of guanidine groups is 1. The number of nitrogens with zero attached hydrogens (tertiary/aromatic N) is 3. The summed E-state index contributed by atoms with van der Waals surface area (Å²) in [5, 5.41) is 5.81. The van der Waals surface area contributed by atoms with Gasteiger partial charge in [-0.25, -0.2) is 4.39 Å². The van der Waals surface area contributed by atoms with Crippen LogP contribution in [0.2, 0.25) is 0 Å². The van der Waals surface area contributed by atoms with Gasteiger partial charge in [0.15, 0.2) is 5.96 Å². The maximum Gasteiger partial charge on any atom is 0.243 e. The monoisotopic (exact) mass is 425 g/mol. The Morgan fingerprint density at radius 2 is 2.03 bits per heavy atom. The van der Waals surface area contributed by atoms with Crippen molar-refractivity contribution >= 4 is 17.6 Å². The van der Waals surface area contributed by atoms with E-state index < -0.39 is 0 Å². The molecule has 0 bridgehead atoms. The third-order valence-electron chi connectivity index (χ3n) is 5.67. The second-order valence-corrected chi connectivity index (χ2v) is 7.80. The number of hydrogen-bond donors (Lipinski definition) is 2. The molecule has 7 nitrogen and oxygen atoms in total. The maximum atomic E-state index is 13.3. The minimum absolute atomic E-state index is 0.0452. The number of anilines is 1. The molecule has 0 saturated carbocycles. The Balaban J connectivity index is 1.32. The maximum absolute atomic E-state index is 13.3. The van der Waals surface area contributed by atoms with Crippen LogP contribution in [0.4, 0.5) is 10.1 Å². The molecule has 2 aromatic rings. The van der Waals surface area contributed by atoms with E-state index in [0.29, 0.717) is 18.3 Å². The number of ether oxygens (including phenoxy) is 1. The molecule has 8 heteroatoms. The highest BCUT2D eigenvalue weighted by atomic mass is 19.1. The molecule has 2 saturated heterocycles. The number of benzene rings is 2. The van der Waals surface area contributed by atoms with E-state index in [1.165, 1.54) is 17.7 Å². The first-order valence-corrected chi connectivity index (χ1v) is 10.5. The average molecular weight is 426 g/mol. The Kier molecular flexibility index (Phi) is 6.79. The fraction of sp³-hybridized carbons (Fsp3) is 0.391. The average Bonchev–Trinajstić information content (AvgIpc) is 3.20. The second kappa shape index (κ2) is 9.89. The molecule has 0 radical (unpaired) electrons. The van der Waals surface area contributed by atoms with E-state index >= 15 is 0 Å². The lowest BCUT2D eigenvalue weighted by atomic mass is 10.1. The van der Waals surface area contributed by atoms with Gasteiger partial charge in [-0.15, -0.1) is 0 Å². The predicted octanol–water partition coefficient (Wildman–Crippen LogP) is 1.92. The van der Waals surface area contributed by atoms with Crippen LogP contribution in [0.25, 0.3) is 0 Å². The molecular formula is C23H28FN5O2. The highest BCUT2D eigenvalue weighted by Crippen LogP contribution is 2.24. The van der Waals surface area contributed by atoms with Crippen LogP contribution in [0.5, 0.6) is 0 Å².